The van der Waals surface area contributed by atoms with E-state index >= 15 is 0 Å². The van der Waals surface area contributed by atoms with Gasteiger partial charge in [-0.2, -0.15) is 0 Å². The average Bonchev–Trinajstić information content (AvgIpc) is 2.42. The van der Waals surface area contributed by atoms with Gasteiger partial charge in [0, 0.05) is 29.4 Å². The van der Waals surface area contributed by atoms with Crippen LogP contribution in [-0.4, -0.2) is 22.5 Å². The number of fused-ring (bicyclic) bond motifs is 1. The molecule has 1 heterocycles. The zero-order valence-electron chi connectivity index (χ0n) is 12.3. The van der Waals surface area contributed by atoms with Crippen molar-refractivity contribution in [2.75, 3.05) is 12.8 Å². The van der Waals surface area contributed by atoms with Gasteiger partial charge in [0.25, 0.3) is 0 Å². The van der Waals surface area contributed by atoms with Gasteiger partial charge in [0.15, 0.2) is 0 Å². The van der Waals surface area contributed by atoms with Crippen LogP contribution in [0.5, 0.6) is 0 Å². The van der Waals surface area contributed by atoms with Crippen molar-refractivity contribution in [3.63, 3.8) is 0 Å². The lowest BCUT2D eigenvalue weighted by Gasteiger charge is -2.35. The maximum atomic E-state index is 6.01. The highest BCUT2D eigenvalue weighted by Crippen LogP contribution is 2.26. The van der Waals surface area contributed by atoms with Crippen LogP contribution >= 0.6 is 0 Å². The summed E-state index contributed by atoms with van der Waals surface area (Å²) in [6.07, 6.45) is 2.94. The molecule has 0 spiro atoms. The Hall–Kier alpha value is -1.61. The molecule has 0 saturated carbocycles. The van der Waals surface area contributed by atoms with Gasteiger partial charge in [0.2, 0.25) is 0 Å². The Kier molecular flexibility index (Phi) is 3.76. The van der Waals surface area contributed by atoms with Crippen LogP contribution in [0.1, 0.15) is 32.8 Å². The first-order valence-electron chi connectivity index (χ1n) is 6.79. The predicted octanol–water partition coefficient (Wildman–Crippen LogP) is 3.44. The monoisotopic (exact) mass is 257 g/mol. The molecule has 0 unspecified atom stereocenters. The van der Waals surface area contributed by atoms with Crippen molar-refractivity contribution < 1.29 is 0 Å². The zero-order valence-corrected chi connectivity index (χ0v) is 12.3. The minimum Gasteiger partial charge on any atom is -0.398 e. The summed E-state index contributed by atoms with van der Waals surface area (Å²) < 4.78 is 0. The molecule has 0 radical (unpaired) electrons. The fourth-order valence-corrected chi connectivity index (χ4v) is 2.12. The highest BCUT2D eigenvalue weighted by Gasteiger charge is 2.21. The Balaban J connectivity index is 2.39. The van der Waals surface area contributed by atoms with Crippen LogP contribution in [0.3, 0.4) is 0 Å². The molecule has 102 valence electrons. The number of nitrogen functional groups attached to an aromatic ring is 1. The number of benzene rings is 1. The highest BCUT2D eigenvalue weighted by atomic mass is 15.2. The molecule has 1 aromatic carbocycles. The maximum Gasteiger partial charge on any atom is 0.0767 e. The van der Waals surface area contributed by atoms with E-state index in [1.807, 2.05) is 24.4 Å². The summed E-state index contributed by atoms with van der Waals surface area (Å²) in [6.45, 7) is 7.63. The normalized spacial score (nSPS) is 12.3. The molecule has 3 heteroatoms. The number of nitrogens with zero attached hydrogens (tertiary/aromatic N) is 2. The van der Waals surface area contributed by atoms with Crippen LogP contribution in [-0.2, 0) is 6.54 Å². The molecule has 3 nitrogen and oxygen atoms in total. The van der Waals surface area contributed by atoms with Crippen LogP contribution < -0.4 is 5.73 Å². The number of pyridine rings is 1. The molecule has 0 bridgehead atoms. The molecule has 0 amide bonds. The van der Waals surface area contributed by atoms with Crippen LogP contribution in [0.15, 0.2) is 30.5 Å². The van der Waals surface area contributed by atoms with E-state index in [1.54, 1.807) is 0 Å². The summed E-state index contributed by atoms with van der Waals surface area (Å²) in [4.78, 5) is 6.86. The Bertz CT molecular complexity index is 575. The summed E-state index contributed by atoms with van der Waals surface area (Å²) in [5.74, 6) is 0. The lowest BCUT2D eigenvalue weighted by atomic mass is 9.98. The second-order valence-electron chi connectivity index (χ2n) is 5.74. The standard InChI is InChI=1S/C16H23N3/c1-5-16(2,3)19(4)11-12-8-9-14(17)13-7-6-10-18-15(12)13/h6-10H,5,11,17H2,1-4H3. The number of anilines is 1. The van der Waals surface area contributed by atoms with Gasteiger partial charge in [-0.3, -0.25) is 9.88 Å². The van der Waals surface area contributed by atoms with Gasteiger partial charge < -0.3 is 5.73 Å². The van der Waals surface area contributed by atoms with E-state index in [-0.39, 0.29) is 5.54 Å². The van der Waals surface area contributed by atoms with Gasteiger partial charge in [0.1, 0.15) is 0 Å². The lowest BCUT2D eigenvalue weighted by molar-refractivity contribution is 0.143. The topological polar surface area (TPSA) is 42.1 Å². The van der Waals surface area contributed by atoms with E-state index < -0.39 is 0 Å². The summed E-state index contributed by atoms with van der Waals surface area (Å²) in [6, 6.07) is 8.04. The first kappa shape index (κ1) is 13.8. The third-order valence-electron chi connectivity index (χ3n) is 4.19. The van der Waals surface area contributed by atoms with E-state index in [2.05, 4.69) is 43.8 Å². The maximum absolute atomic E-state index is 6.01. The van der Waals surface area contributed by atoms with E-state index in [0.29, 0.717) is 0 Å². The van der Waals surface area contributed by atoms with Gasteiger partial charge in [-0.1, -0.05) is 13.0 Å². The van der Waals surface area contributed by atoms with Crippen molar-refractivity contribution >= 4 is 16.6 Å². The largest absolute Gasteiger partial charge is 0.398 e. The Morgan fingerprint density at radius 3 is 2.68 bits per heavy atom. The van der Waals surface area contributed by atoms with Crippen molar-refractivity contribution in [1.29, 1.82) is 0 Å². The molecular weight excluding hydrogens is 234 g/mol. The minimum atomic E-state index is 0.183. The van der Waals surface area contributed by atoms with Crippen LogP contribution in [0, 0.1) is 0 Å². The quantitative estimate of drug-likeness (QED) is 0.853. The molecule has 0 aliphatic carbocycles. The second-order valence-corrected chi connectivity index (χ2v) is 5.74. The number of rotatable bonds is 4. The first-order chi connectivity index (χ1) is 8.95. The molecule has 1 aromatic heterocycles. The third kappa shape index (κ3) is 2.71. The van der Waals surface area contributed by atoms with Crippen molar-refractivity contribution in [3.8, 4) is 0 Å². The third-order valence-corrected chi connectivity index (χ3v) is 4.19. The molecule has 0 saturated heterocycles. The van der Waals surface area contributed by atoms with Crippen LogP contribution in [0.2, 0.25) is 0 Å². The highest BCUT2D eigenvalue weighted by molar-refractivity contribution is 5.92. The Morgan fingerprint density at radius 1 is 1.26 bits per heavy atom. The Morgan fingerprint density at radius 2 is 2.00 bits per heavy atom. The fourth-order valence-electron chi connectivity index (χ4n) is 2.12. The van der Waals surface area contributed by atoms with E-state index in [9.17, 15) is 0 Å². The van der Waals surface area contributed by atoms with E-state index in [0.717, 1.165) is 29.6 Å². The van der Waals surface area contributed by atoms with Gasteiger partial charge in [0.05, 0.1) is 5.52 Å². The number of hydrogen-bond acceptors (Lipinski definition) is 3. The number of nitrogens with two attached hydrogens (primary N) is 1. The molecule has 2 aromatic rings. The fraction of sp³-hybridized carbons (Fsp3) is 0.438. The molecule has 0 atom stereocenters. The first-order valence-corrected chi connectivity index (χ1v) is 6.79. The van der Waals surface area contributed by atoms with Crippen LogP contribution in [0.25, 0.3) is 10.9 Å². The lowest BCUT2D eigenvalue weighted by Crippen LogP contribution is -2.39. The minimum absolute atomic E-state index is 0.183. The molecule has 0 fully saturated rings. The smallest absolute Gasteiger partial charge is 0.0767 e. The van der Waals surface area contributed by atoms with Gasteiger partial charge in [-0.15, -0.1) is 0 Å². The summed E-state index contributed by atoms with van der Waals surface area (Å²) in [5, 5.41) is 1.04. The summed E-state index contributed by atoms with van der Waals surface area (Å²) >= 11 is 0. The van der Waals surface area contributed by atoms with Gasteiger partial charge in [-0.25, -0.2) is 0 Å². The number of aromatic nitrogens is 1. The predicted molar refractivity (Wildman–Crippen MR) is 82.0 cm³/mol. The summed E-state index contributed by atoms with van der Waals surface area (Å²) in [7, 11) is 2.16. The van der Waals surface area contributed by atoms with Crippen molar-refractivity contribution in [2.45, 2.75) is 39.3 Å². The average molecular weight is 257 g/mol. The SMILES string of the molecule is CCC(C)(C)N(C)Cc1ccc(N)c2cccnc12. The Labute approximate surface area is 115 Å². The zero-order chi connectivity index (χ0) is 14.0. The van der Waals surface area contributed by atoms with Gasteiger partial charge >= 0.3 is 0 Å². The van der Waals surface area contributed by atoms with Crippen molar-refractivity contribution in [3.05, 3.63) is 36.0 Å². The second kappa shape index (κ2) is 5.17. The van der Waals surface area contributed by atoms with Crippen molar-refractivity contribution in [2.24, 2.45) is 0 Å². The summed E-state index contributed by atoms with van der Waals surface area (Å²) in [5.41, 5.74) is 9.24. The molecule has 0 aliphatic heterocycles. The van der Waals surface area contributed by atoms with Gasteiger partial charge in [-0.05, 0) is 51.1 Å². The van der Waals surface area contributed by atoms with Crippen molar-refractivity contribution in [1.82, 2.24) is 9.88 Å². The molecular formula is C16H23N3. The van der Waals surface area contributed by atoms with E-state index in [1.165, 1.54) is 5.56 Å². The number of hydrogen-bond donors (Lipinski definition) is 1. The molecule has 0 aliphatic rings. The molecule has 19 heavy (non-hydrogen) atoms. The van der Waals surface area contributed by atoms with E-state index in [4.69, 9.17) is 5.73 Å². The molecule has 2 rings (SSSR count). The molecule has 2 N–H and O–H groups in total. The van der Waals surface area contributed by atoms with Crippen LogP contribution in [0.4, 0.5) is 5.69 Å².